The molecular weight excluding hydrogens is 250 g/mol. The van der Waals surface area contributed by atoms with E-state index in [1.54, 1.807) is 0 Å². The average molecular weight is 268 g/mol. The molecule has 0 saturated heterocycles. The van der Waals surface area contributed by atoms with Crippen molar-refractivity contribution in [2.75, 3.05) is 0 Å². The van der Waals surface area contributed by atoms with Gasteiger partial charge in [0.05, 0.1) is 0 Å². The summed E-state index contributed by atoms with van der Waals surface area (Å²) in [7, 11) is 0. The van der Waals surface area contributed by atoms with Gasteiger partial charge in [-0.1, -0.05) is 47.5 Å². The third kappa shape index (κ3) is 2.61. The lowest BCUT2D eigenvalue weighted by atomic mass is 10.1. The molecule has 0 bridgehead atoms. The first-order chi connectivity index (χ1) is 7.22. The lowest BCUT2D eigenvalue weighted by Crippen LogP contribution is -2.22. The normalized spacial score (nSPS) is 26.3. The monoisotopic (exact) mass is 267 g/mol. The molecule has 0 amide bonds. The summed E-state index contributed by atoms with van der Waals surface area (Å²) in [6, 6.07) is 9.65. The number of nitrogens with one attached hydrogen (secondary N) is 1. The van der Waals surface area contributed by atoms with Crippen LogP contribution in [0.2, 0.25) is 0 Å². The van der Waals surface area contributed by atoms with Crippen LogP contribution in [-0.4, -0.2) is 6.04 Å². The Balaban J connectivity index is 1.97. The Morgan fingerprint density at radius 3 is 2.80 bits per heavy atom. The van der Waals surface area contributed by atoms with Gasteiger partial charge < -0.3 is 5.32 Å². The van der Waals surface area contributed by atoms with Crippen LogP contribution in [0.15, 0.2) is 28.7 Å². The van der Waals surface area contributed by atoms with Crippen LogP contribution in [-0.2, 0) is 0 Å². The van der Waals surface area contributed by atoms with Crippen LogP contribution in [0, 0.1) is 5.92 Å². The van der Waals surface area contributed by atoms with Crippen molar-refractivity contribution in [3.8, 4) is 0 Å². The van der Waals surface area contributed by atoms with E-state index in [0.29, 0.717) is 6.04 Å². The predicted octanol–water partition coefficient (Wildman–Crippen LogP) is 3.90. The van der Waals surface area contributed by atoms with Crippen LogP contribution in [0.5, 0.6) is 0 Å². The number of halogens is 1. The van der Waals surface area contributed by atoms with Gasteiger partial charge in [0.2, 0.25) is 0 Å². The third-order valence-electron chi connectivity index (χ3n) is 3.28. The quantitative estimate of drug-likeness (QED) is 0.873. The summed E-state index contributed by atoms with van der Waals surface area (Å²) in [4.78, 5) is 0. The fraction of sp³-hybridized carbons (Fsp3) is 0.538. The van der Waals surface area contributed by atoms with Crippen LogP contribution in [0.3, 0.4) is 0 Å². The van der Waals surface area contributed by atoms with Crippen LogP contribution >= 0.6 is 15.9 Å². The van der Waals surface area contributed by atoms with E-state index >= 15 is 0 Å². The van der Waals surface area contributed by atoms with Gasteiger partial charge in [0.1, 0.15) is 0 Å². The van der Waals surface area contributed by atoms with Gasteiger partial charge in [-0.2, -0.15) is 0 Å². The highest BCUT2D eigenvalue weighted by Crippen LogP contribution is 2.35. The zero-order valence-corrected chi connectivity index (χ0v) is 10.9. The molecule has 15 heavy (non-hydrogen) atoms. The van der Waals surface area contributed by atoms with Gasteiger partial charge in [0.25, 0.3) is 0 Å². The Kier molecular flexibility index (Phi) is 3.47. The molecule has 1 fully saturated rings. The first-order valence-corrected chi connectivity index (χ1v) is 6.52. The summed E-state index contributed by atoms with van der Waals surface area (Å²) in [6.07, 6.45) is 2.66. The van der Waals surface area contributed by atoms with E-state index in [0.717, 1.165) is 12.0 Å². The standard InChI is InChI=1S/C13H18BrN/c1-3-10-8-13(10)15-9(2)11-6-4-5-7-12(11)14/h4-7,9-10,13,15H,3,8H2,1-2H3. The summed E-state index contributed by atoms with van der Waals surface area (Å²) in [5.41, 5.74) is 1.36. The molecule has 0 aromatic heterocycles. The molecule has 3 atom stereocenters. The second-order valence-corrected chi connectivity index (χ2v) is 5.27. The van der Waals surface area contributed by atoms with Crippen molar-refractivity contribution in [1.29, 1.82) is 0 Å². The summed E-state index contributed by atoms with van der Waals surface area (Å²) in [5.74, 6) is 0.912. The highest BCUT2D eigenvalue weighted by molar-refractivity contribution is 9.10. The molecule has 82 valence electrons. The van der Waals surface area contributed by atoms with Gasteiger partial charge in [0, 0.05) is 16.6 Å². The lowest BCUT2D eigenvalue weighted by Gasteiger charge is -2.15. The molecule has 0 aliphatic heterocycles. The molecule has 1 N–H and O–H groups in total. The maximum Gasteiger partial charge on any atom is 0.0305 e. The minimum Gasteiger partial charge on any atom is -0.307 e. The lowest BCUT2D eigenvalue weighted by molar-refractivity contribution is 0.538. The molecule has 1 aromatic rings. The SMILES string of the molecule is CCC1CC1NC(C)c1ccccc1Br. The number of rotatable bonds is 4. The minimum absolute atomic E-state index is 0.446. The Morgan fingerprint density at radius 2 is 2.20 bits per heavy atom. The van der Waals surface area contributed by atoms with E-state index in [2.05, 4.69) is 59.4 Å². The van der Waals surface area contributed by atoms with Crippen LogP contribution in [0.4, 0.5) is 0 Å². The molecule has 0 radical (unpaired) electrons. The molecule has 1 nitrogen and oxygen atoms in total. The Bertz CT molecular complexity index is 337. The molecule has 0 heterocycles. The maximum absolute atomic E-state index is 3.68. The summed E-state index contributed by atoms with van der Waals surface area (Å²) in [6.45, 7) is 4.51. The van der Waals surface area contributed by atoms with Gasteiger partial charge in [0.15, 0.2) is 0 Å². The van der Waals surface area contributed by atoms with Crippen LogP contribution in [0.1, 0.15) is 38.3 Å². The van der Waals surface area contributed by atoms with Crippen molar-refractivity contribution in [3.05, 3.63) is 34.3 Å². The summed E-state index contributed by atoms with van der Waals surface area (Å²) in [5, 5.41) is 3.68. The fourth-order valence-corrected chi connectivity index (χ4v) is 2.77. The molecule has 1 aliphatic rings. The molecule has 2 rings (SSSR count). The number of hydrogen-bond acceptors (Lipinski definition) is 1. The molecule has 1 aromatic carbocycles. The zero-order chi connectivity index (χ0) is 10.8. The van der Waals surface area contributed by atoms with Crippen molar-refractivity contribution in [3.63, 3.8) is 0 Å². The van der Waals surface area contributed by atoms with E-state index in [4.69, 9.17) is 0 Å². The molecule has 1 aliphatic carbocycles. The van der Waals surface area contributed by atoms with E-state index in [9.17, 15) is 0 Å². The first kappa shape index (κ1) is 11.2. The highest BCUT2D eigenvalue weighted by atomic mass is 79.9. The maximum atomic E-state index is 3.68. The average Bonchev–Trinajstić information content (AvgIpc) is 2.97. The zero-order valence-electron chi connectivity index (χ0n) is 9.33. The van der Waals surface area contributed by atoms with E-state index < -0.39 is 0 Å². The first-order valence-electron chi connectivity index (χ1n) is 5.72. The second-order valence-electron chi connectivity index (χ2n) is 4.42. The van der Waals surface area contributed by atoms with Crippen molar-refractivity contribution >= 4 is 15.9 Å². The Hall–Kier alpha value is -0.340. The number of benzene rings is 1. The highest BCUT2D eigenvalue weighted by Gasteiger charge is 2.35. The van der Waals surface area contributed by atoms with Crippen molar-refractivity contribution < 1.29 is 0 Å². The molecular formula is C13H18BrN. The topological polar surface area (TPSA) is 12.0 Å². The van der Waals surface area contributed by atoms with Gasteiger partial charge in [-0.25, -0.2) is 0 Å². The van der Waals surface area contributed by atoms with Gasteiger partial charge in [-0.15, -0.1) is 0 Å². The minimum atomic E-state index is 0.446. The van der Waals surface area contributed by atoms with Gasteiger partial charge >= 0.3 is 0 Å². The fourth-order valence-electron chi connectivity index (χ4n) is 2.14. The molecule has 3 unspecified atom stereocenters. The third-order valence-corrected chi connectivity index (χ3v) is 4.00. The van der Waals surface area contributed by atoms with Crippen LogP contribution in [0.25, 0.3) is 0 Å². The molecule has 1 saturated carbocycles. The van der Waals surface area contributed by atoms with Crippen molar-refractivity contribution in [2.45, 2.75) is 38.8 Å². The Labute approximate surface area is 100 Å². The smallest absolute Gasteiger partial charge is 0.0305 e. The predicted molar refractivity (Wildman–Crippen MR) is 67.9 cm³/mol. The van der Waals surface area contributed by atoms with Gasteiger partial charge in [-0.05, 0) is 30.9 Å². The van der Waals surface area contributed by atoms with E-state index in [1.165, 1.54) is 22.9 Å². The van der Waals surface area contributed by atoms with E-state index in [1.807, 2.05) is 0 Å². The van der Waals surface area contributed by atoms with Crippen molar-refractivity contribution in [2.24, 2.45) is 5.92 Å². The van der Waals surface area contributed by atoms with Gasteiger partial charge in [-0.3, -0.25) is 0 Å². The summed E-state index contributed by atoms with van der Waals surface area (Å²) >= 11 is 3.60. The molecule has 0 spiro atoms. The van der Waals surface area contributed by atoms with Crippen molar-refractivity contribution in [1.82, 2.24) is 5.32 Å². The second kappa shape index (κ2) is 4.67. The van der Waals surface area contributed by atoms with Crippen LogP contribution < -0.4 is 5.32 Å². The molecule has 2 heteroatoms. The summed E-state index contributed by atoms with van der Waals surface area (Å²) < 4.78 is 1.21. The number of hydrogen-bond donors (Lipinski definition) is 1. The largest absolute Gasteiger partial charge is 0.307 e. The van der Waals surface area contributed by atoms with E-state index in [-0.39, 0.29) is 0 Å². The Morgan fingerprint density at radius 1 is 1.47 bits per heavy atom.